The van der Waals surface area contributed by atoms with Crippen molar-refractivity contribution >= 4 is 6.08 Å². The largest absolute Gasteiger partial charge is 0.299 e. The minimum absolute atomic E-state index is 0.313. The maximum Gasteiger partial charge on any atom is 0.0767 e. The van der Waals surface area contributed by atoms with Crippen LogP contribution in [0, 0.1) is 0 Å². The zero-order valence-corrected chi connectivity index (χ0v) is 10.4. The Hall–Kier alpha value is -1.12. The monoisotopic (exact) mass is 230 g/mol. The summed E-state index contributed by atoms with van der Waals surface area (Å²) in [6.45, 7) is 2.22. The lowest BCUT2D eigenvalue weighted by atomic mass is 10.2. The lowest BCUT2D eigenvalue weighted by Crippen LogP contribution is -2.41. The van der Waals surface area contributed by atoms with Crippen LogP contribution in [0.3, 0.4) is 0 Å². The van der Waals surface area contributed by atoms with Gasteiger partial charge in [0.1, 0.15) is 0 Å². The molecule has 0 saturated carbocycles. The van der Waals surface area contributed by atoms with E-state index in [4.69, 9.17) is 0 Å². The van der Waals surface area contributed by atoms with Crippen LogP contribution in [-0.2, 0) is 0 Å². The normalized spacial score (nSPS) is 19.8. The maximum atomic E-state index is 3.53. The van der Waals surface area contributed by atoms with Crippen LogP contribution in [0.5, 0.6) is 0 Å². The Morgan fingerprint density at radius 1 is 0.882 bits per heavy atom. The molecule has 1 aromatic rings. The van der Waals surface area contributed by atoms with Gasteiger partial charge in [0.25, 0.3) is 0 Å². The van der Waals surface area contributed by atoms with Crippen molar-refractivity contribution in [2.75, 3.05) is 13.1 Å². The van der Waals surface area contributed by atoms with Gasteiger partial charge in [-0.25, -0.2) is 0 Å². The Kier molecular flexibility index (Phi) is 5.27. The second kappa shape index (κ2) is 7.25. The number of benzene rings is 1. The molecule has 2 nitrogen and oxygen atoms in total. The van der Waals surface area contributed by atoms with Crippen LogP contribution in [0.4, 0.5) is 0 Å². The Morgan fingerprint density at radius 2 is 1.53 bits per heavy atom. The summed E-state index contributed by atoms with van der Waals surface area (Å²) >= 11 is 0. The van der Waals surface area contributed by atoms with Crippen LogP contribution < -0.4 is 10.6 Å². The molecule has 0 atom stereocenters. The summed E-state index contributed by atoms with van der Waals surface area (Å²) < 4.78 is 0. The standard InChI is InChI=1S/C15H22N2/c1-2-7-13-17-15(16-12-6-1)11-10-14-8-4-3-5-9-14/h3-5,8-11,15-17H,1-2,6-7,12-13H2. The Labute approximate surface area is 104 Å². The molecule has 0 bridgehead atoms. The van der Waals surface area contributed by atoms with E-state index in [0.717, 1.165) is 13.1 Å². The quantitative estimate of drug-likeness (QED) is 0.816. The van der Waals surface area contributed by atoms with Gasteiger partial charge in [-0.15, -0.1) is 0 Å². The third kappa shape index (κ3) is 4.72. The average Bonchev–Trinajstić information content (AvgIpc) is 2.51. The van der Waals surface area contributed by atoms with Gasteiger partial charge in [0.15, 0.2) is 0 Å². The highest BCUT2D eigenvalue weighted by atomic mass is 15.1. The van der Waals surface area contributed by atoms with Crippen molar-refractivity contribution in [2.45, 2.75) is 31.8 Å². The maximum absolute atomic E-state index is 3.53. The van der Waals surface area contributed by atoms with E-state index in [1.165, 1.54) is 31.2 Å². The van der Waals surface area contributed by atoms with Crippen molar-refractivity contribution in [3.05, 3.63) is 42.0 Å². The van der Waals surface area contributed by atoms with E-state index in [0.29, 0.717) is 6.17 Å². The summed E-state index contributed by atoms with van der Waals surface area (Å²) in [6, 6.07) is 10.5. The van der Waals surface area contributed by atoms with Crippen molar-refractivity contribution in [2.24, 2.45) is 0 Å². The van der Waals surface area contributed by atoms with Crippen molar-refractivity contribution in [3.8, 4) is 0 Å². The lowest BCUT2D eigenvalue weighted by Gasteiger charge is -2.15. The van der Waals surface area contributed by atoms with E-state index in [-0.39, 0.29) is 0 Å². The Morgan fingerprint density at radius 3 is 2.18 bits per heavy atom. The van der Waals surface area contributed by atoms with Crippen LogP contribution in [0.15, 0.2) is 36.4 Å². The van der Waals surface area contributed by atoms with Crippen LogP contribution in [0.2, 0.25) is 0 Å². The third-order valence-electron chi connectivity index (χ3n) is 3.11. The fraction of sp³-hybridized carbons (Fsp3) is 0.467. The minimum Gasteiger partial charge on any atom is -0.299 e. The lowest BCUT2D eigenvalue weighted by molar-refractivity contribution is 0.504. The summed E-state index contributed by atoms with van der Waals surface area (Å²) in [4.78, 5) is 0. The van der Waals surface area contributed by atoms with Gasteiger partial charge in [-0.1, -0.05) is 55.3 Å². The second-order valence-corrected chi connectivity index (χ2v) is 4.57. The van der Waals surface area contributed by atoms with Gasteiger partial charge >= 0.3 is 0 Å². The molecule has 1 aliphatic heterocycles. The van der Waals surface area contributed by atoms with E-state index < -0.39 is 0 Å². The van der Waals surface area contributed by atoms with Crippen LogP contribution in [0.1, 0.15) is 31.2 Å². The molecule has 1 saturated heterocycles. The fourth-order valence-corrected chi connectivity index (χ4v) is 2.10. The molecule has 1 aromatic carbocycles. The Bertz CT molecular complexity index is 322. The highest BCUT2D eigenvalue weighted by molar-refractivity contribution is 5.49. The van der Waals surface area contributed by atoms with E-state index in [1.54, 1.807) is 0 Å². The van der Waals surface area contributed by atoms with E-state index >= 15 is 0 Å². The molecule has 0 aliphatic carbocycles. The topological polar surface area (TPSA) is 24.1 Å². The molecule has 0 radical (unpaired) electrons. The van der Waals surface area contributed by atoms with E-state index in [1.807, 2.05) is 6.07 Å². The van der Waals surface area contributed by atoms with Gasteiger partial charge in [0, 0.05) is 0 Å². The van der Waals surface area contributed by atoms with Gasteiger partial charge in [-0.3, -0.25) is 10.6 Å². The molecule has 1 aliphatic rings. The average molecular weight is 230 g/mol. The summed E-state index contributed by atoms with van der Waals surface area (Å²) in [5.74, 6) is 0. The zero-order chi connectivity index (χ0) is 11.8. The summed E-state index contributed by atoms with van der Waals surface area (Å²) in [5, 5.41) is 7.07. The molecular weight excluding hydrogens is 208 g/mol. The minimum atomic E-state index is 0.313. The van der Waals surface area contributed by atoms with Gasteiger partial charge < -0.3 is 0 Å². The van der Waals surface area contributed by atoms with Crippen molar-refractivity contribution in [1.82, 2.24) is 10.6 Å². The first-order valence-corrected chi connectivity index (χ1v) is 6.65. The SMILES string of the molecule is C(=CC1NCCCCCCN1)c1ccccc1. The first kappa shape index (κ1) is 12.3. The highest BCUT2D eigenvalue weighted by Gasteiger charge is 2.04. The Balaban J connectivity index is 1.89. The van der Waals surface area contributed by atoms with Crippen molar-refractivity contribution < 1.29 is 0 Å². The molecule has 92 valence electrons. The molecular formula is C15H22N2. The summed E-state index contributed by atoms with van der Waals surface area (Å²) in [7, 11) is 0. The van der Waals surface area contributed by atoms with E-state index in [9.17, 15) is 0 Å². The molecule has 0 unspecified atom stereocenters. The first-order valence-electron chi connectivity index (χ1n) is 6.65. The number of hydrogen-bond donors (Lipinski definition) is 2. The van der Waals surface area contributed by atoms with Gasteiger partial charge in [-0.05, 0) is 31.5 Å². The van der Waals surface area contributed by atoms with Crippen molar-refractivity contribution in [3.63, 3.8) is 0 Å². The molecule has 2 heteroatoms. The zero-order valence-electron chi connectivity index (χ0n) is 10.4. The summed E-state index contributed by atoms with van der Waals surface area (Å²) in [6.07, 6.45) is 10.00. The van der Waals surface area contributed by atoms with Crippen LogP contribution >= 0.6 is 0 Å². The predicted molar refractivity (Wildman–Crippen MR) is 73.7 cm³/mol. The molecule has 0 amide bonds. The van der Waals surface area contributed by atoms with Crippen LogP contribution in [0.25, 0.3) is 6.08 Å². The highest BCUT2D eigenvalue weighted by Crippen LogP contribution is 2.04. The number of rotatable bonds is 2. The van der Waals surface area contributed by atoms with Gasteiger partial charge in [-0.2, -0.15) is 0 Å². The molecule has 0 aromatic heterocycles. The van der Waals surface area contributed by atoms with Gasteiger partial charge in [0.05, 0.1) is 6.17 Å². The molecule has 1 fully saturated rings. The predicted octanol–water partition coefficient (Wildman–Crippen LogP) is 2.78. The van der Waals surface area contributed by atoms with Crippen molar-refractivity contribution in [1.29, 1.82) is 0 Å². The number of hydrogen-bond acceptors (Lipinski definition) is 2. The smallest absolute Gasteiger partial charge is 0.0767 e. The molecule has 0 spiro atoms. The second-order valence-electron chi connectivity index (χ2n) is 4.57. The first-order chi connectivity index (χ1) is 8.45. The number of nitrogens with one attached hydrogen (secondary N) is 2. The summed E-state index contributed by atoms with van der Waals surface area (Å²) in [5.41, 5.74) is 1.26. The third-order valence-corrected chi connectivity index (χ3v) is 3.11. The fourth-order valence-electron chi connectivity index (χ4n) is 2.10. The molecule has 2 N–H and O–H groups in total. The van der Waals surface area contributed by atoms with Gasteiger partial charge in [0.2, 0.25) is 0 Å². The molecule has 2 rings (SSSR count). The van der Waals surface area contributed by atoms with E-state index in [2.05, 4.69) is 47.1 Å². The van der Waals surface area contributed by atoms with Crippen LogP contribution in [-0.4, -0.2) is 19.3 Å². The molecule has 1 heterocycles. The molecule has 17 heavy (non-hydrogen) atoms.